The highest BCUT2D eigenvalue weighted by Crippen LogP contribution is 2.31. The predicted octanol–water partition coefficient (Wildman–Crippen LogP) is 3.22. The number of aliphatic hydroxyl groups is 1. The molecule has 1 aliphatic rings. The third-order valence-corrected chi connectivity index (χ3v) is 6.24. The molecule has 0 aliphatic carbocycles. The third kappa shape index (κ3) is 4.89. The van der Waals surface area contributed by atoms with Crippen LogP contribution < -0.4 is 5.32 Å². The molecule has 2 amide bonds. The number of aryl methyl sites for hydroxylation is 1. The Balaban J connectivity index is 1.47. The number of hydrogen-bond donors (Lipinski definition) is 2. The number of benzene rings is 1. The standard InChI is InChI=1S/C25H30N4O5/c1-14(2)23(21-9-15(3)28-34-21)25(32)29-12-19(30)10-20(29)24(31)27-16(4)17-5-7-18(8-6-17)22-11-26-13-33-22/h5-9,11,13-14,16,19-20,23,30H,10,12H2,1-4H3,(H,27,31)/t16-,19+,20-,23?/m0/s1. The van der Waals surface area contributed by atoms with E-state index in [4.69, 9.17) is 8.94 Å². The van der Waals surface area contributed by atoms with Gasteiger partial charge in [-0.3, -0.25) is 9.59 Å². The van der Waals surface area contributed by atoms with Gasteiger partial charge in [0.2, 0.25) is 11.8 Å². The number of oxazole rings is 1. The van der Waals surface area contributed by atoms with Crippen molar-refractivity contribution in [3.05, 3.63) is 59.9 Å². The predicted molar refractivity (Wildman–Crippen MR) is 123 cm³/mol. The number of β-amino-alcohol motifs (C(OH)–C–C–N with tert-alkyl or cyclic N) is 1. The molecule has 9 nitrogen and oxygen atoms in total. The molecule has 0 spiro atoms. The Morgan fingerprint density at radius 2 is 1.94 bits per heavy atom. The van der Waals surface area contributed by atoms with Crippen molar-refractivity contribution in [2.45, 2.75) is 58.2 Å². The van der Waals surface area contributed by atoms with Gasteiger partial charge in [0, 0.05) is 24.6 Å². The zero-order chi connectivity index (χ0) is 24.4. The van der Waals surface area contributed by atoms with E-state index in [2.05, 4.69) is 15.5 Å². The number of likely N-dealkylation sites (tertiary alicyclic amines) is 1. The molecular weight excluding hydrogens is 436 g/mol. The fraction of sp³-hybridized carbons (Fsp3) is 0.440. The van der Waals surface area contributed by atoms with E-state index in [-0.39, 0.29) is 36.7 Å². The number of rotatable bonds is 7. The van der Waals surface area contributed by atoms with Crippen molar-refractivity contribution < 1.29 is 23.6 Å². The topological polar surface area (TPSA) is 122 Å². The van der Waals surface area contributed by atoms with Gasteiger partial charge in [0.1, 0.15) is 17.7 Å². The summed E-state index contributed by atoms with van der Waals surface area (Å²) in [4.78, 5) is 32.1. The molecule has 4 rings (SSSR count). The summed E-state index contributed by atoms with van der Waals surface area (Å²) in [6.45, 7) is 7.63. The van der Waals surface area contributed by atoms with E-state index >= 15 is 0 Å². The Kier molecular flexibility index (Phi) is 6.83. The van der Waals surface area contributed by atoms with E-state index in [1.54, 1.807) is 19.2 Å². The maximum Gasteiger partial charge on any atom is 0.243 e. The Morgan fingerprint density at radius 3 is 2.53 bits per heavy atom. The van der Waals surface area contributed by atoms with Crippen molar-refractivity contribution in [3.8, 4) is 11.3 Å². The fourth-order valence-corrected chi connectivity index (χ4v) is 4.44. The molecule has 0 bridgehead atoms. The molecular formula is C25H30N4O5. The number of aromatic nitrogens is 2. The van der Waals surface area contributed by atoms with Crippen LogP contribution in [0.15, 0.2) is 51.9 Å². The molecule has 2 N–H and O–H groups in total. The van der Waals surface area contributed by atoms with Crippen LogP contribution in [0.2, 0.25) is 0 Å². The van der Waals surface area contributed by atoms with Gasteiger partial charge in [-0.25, -0.2) is 4.98 Å². The lowest BCUT2D eigenvalue weighted by atomic mass is 9.91. The number of nitrogens with one attached hydrogen (secondary N) is 1. The van der Waals surface area contributed by atoms with Crippen molar-refractivity contribution in [2.75, 3.05) is 6.54 Å². The summed E-state index contributed by atoms with van der Waals surface area (Å²) in [5.41, 5.74) is 2.48. The lowest BCUT2D eigenvalue weighted by Crippen LogP contribution is -2.48. The van der Waals surface area contributed by atoms with E-state index in [0.29, 0.717) is 17.2 Å². The molecule has 1 unspecified atom stereocenters. The summed E-state index contributed by atoms with van der Waals surface area (Å²) >= 11 is 0. The minimum absolute atomic E-state index is 0.0666. The first-order valence-corrected chi connectivity index (χ1v) is 11.5. The summed E-state index contributed by atoms with van der Waals surface area (Å²) in [7, 11) is 0. The smallest absolute Gasteiger partial charge is 0.243 e. The molecule has 0 saturated carbocycles. The van der Waals surface area contributed by atoms with Crippen LogP contribution in [0.1, 0.15) is 56.2 Å². The van der Waals surface area contributed by atoms with Crippen molar-refractivity contribution in [2.24, 2.45) is 5.92 Å². The van der Waals surface area contributed by atoms with Gasteiger partial charge < -0.3 is 24.3 Å². The average molecular weight is 467 g/mol. The Labute approximate surface area is 198 Å². The Morgan fingerprint density at radius 1 is 1.21 bits per heavy atom. The van der Waals surface area contributed by atoms with Crippen LogP contribution in [0, 0.1) is 12.8 Å². The fourth-order valence-electron chi connectivity index (χ4n) is 4.44. The zero-order valence-electron chi connectivity index (χ0n) is 19.8. The van der Waals surface area contributed by atoms with Crippen LogP contribution in [-0.2, 0) is 9.59 Å². The number of carbonyl (C=O) groups excluding carboxylic acids is 2. The highest BCUT2D eigenvalue weighted by molar-refractivity contribution is 5.91. The summed E-state index contributed by atoms with van der Waals surface area (Å²) in [5.74, 6) is -0.0527. The second-order valence-corrected chi connectivity index (χ2v) is 9.21. The molecule has 9 heteroatoms. The van der Waals surface area contributed by atoms with Gasteiger partial charge in [0.25, 0.3) is 0 Å². The average Bonchev–Trinajstić information content (AvgIpc) is 3.55. The Hall–Kier alpha value is -3.46. The second-order valence-electron chi connectivity index (χ2n) is 9.21. The number of amides is 2. The van der Waals surface area contributed by atoms with E-state index in [0.717, 1.165) is 11.1 Å². The molecule has 0 radical (unpaired) electrons. The van der Waals surface area contributed by atoms with Gasteiger partial charge in [-0.15, -0.1) is 0 Å². The molecule has 1 aliphatic heterocycles. The maximum atomic E-state index is 13.5. The van der Waals surface area contributed by atoms with Crippen molar-refractivity contribution in [3.63, 3.8) is 0 Å². The van der Waals surface area contributed by atoms with E-state index in [1.807, 2.05) is 45.0 Å². The van der Waals surface area contributed by atoms with Gasteiger partial charge in [-0.05, 0) is 25.3 Å². The van der Waals surface area contributed by atoms with E-state index in [1.165, 1.54) is 11.3 Å². The summed E-state index contributed by atoms with van der Waals surface area (Å²) in [6.07, 6.45) is 2.44. The van der Waals surface area contributed by atoms with Crippen molar-refractivity contribution >= 4 is 11.8 Å². The van der Waals surface area contributed by atoms with Crippen LogP contribution >= 0.6 is 0 Å². The lowest BCUT2D eigenvalue weighted by Gasteiger charge is -2.29. The second kappa shape index (κ2) is 9.80. The lowest BCUT2D eigenvalue weighted by molar-refractivity contribution is -0.141. The summed E-state index contributed by atoms with van der Waals surface area (Å²) in [5, 5.41) is 17.2. The summed E-state index contributed by atoms with van der Waals surface area (Å²) < 4.78 is 10.7. The van der Waals surface area contributed by atoms with Gasteiger partial charge in [0.05, 0.1) is 24.0 Å². The molecule has 1 saturated heterocycles. The van der Waals surface area contributed by atoms with Gasteiger partial charge in [-0.1, -0.05) is 43.3 Å². The monoisotopic (exact) mass is 466 g/mol. The first-order valence-electron chi connectivity index (χ1n) is 11.5. The van der Waals surface area contributed by atoms with Gasteiger partial charge in [-0.2, -0.15) is 0 Å². The van der Waals surface area contributed by atoms with Gasteiger partial charge >= 0.3 is 0 Å². The minimum atomic E-state index is -0.763. The minimum Gasteiger partial charge on any atom is -0.444 e. The molecule has 1 fully saturated rings. The number of carbonyl (C=O) groups is 2. The van der Waals surface area contributed by atoms with Crippen LogP contribution in [0.5, 0.6) is 0 Å². The number of nitrogens with zero attached hydrogens (tertiary/aromatic N) is 3. The molecule has 3 heterocycles. The normalized spacial score (nSPS) is 19.9. The highest BCUT2D eigenvalue weighted by Gasteiger charge is 2.43. The van der Waals surface area contributed by atoms with Crippen LogP contribution in [0.4, 0.5) is 0 Å². The van der Waals surface area contributed by atoms with E-state index < -0.39 is 18.1 Å². The Bertz CT molecular complexity index is 1120. The SMILES string of the molecule is Cc1cc(C(C(=O)N2C[C@H](O)C[C@H]2C(=O)N[C@@H](C)c2ccc(-c3cnco3)cc2)C(C)C)on1. The number of aliphatic hydroxyl groups excluding tert-OH is 1. The highest BCUT2D eigenvalue weighted by atomic mass is 16.5. The molecule has 2 aromatic heterocycles. The number of hydrogen-bond acceptors (Lipinski definition) is 7. The van der Waals surface area contributed by atoms with Gasteiger partial charge in [0.15, 0.2) is 12.2 Å². The largest absolute Gasteiger partial charge is 0.444 e. The molecule has 3 aromatic rings. The van der Waals surface area contributed by atoms with Crippen LogP contribution in [-0.4, -0.2) is 50.7 Å². The van der Waals surface area contributed by atoms with Crippen LogP contribution in [0.25, 0.3) is 11.3 Å². The van der Waals surface area contributed by atoms with Crippen LogP contribution in [0.3, 0.4) is 0 Å². The molecule has 4 atom stereocenters. The van der Waals surface area contributed by atoms with Crippen molar-refractivity contribution in [1.82, 2.24) is 20.4 Å². The quantitative estimate of drug-likeness (QED) is 0.548. The molecule has 180 valence electrons. The third-order valence-electron chi connectivity index (χ3n) is 6.24. The first-order chi connectivity index (χ1) is 16.2. The molecule has 34 heavy (non-hydrogen) atoms. The zero-order valence-corrected chi connectivity index (χ0v) is 19.8. The van der Waals surface area contributed by atoms with Crippen molar-refractivity contribution in [1.29, 1.82) is 0 Å². The first kappa shape index (κ1) is 23.7. The summed E-state index contributed by atoms with van der Waals surface area (Å²) in [6, 6.07) is 8.33. The van der Waals surface area contributed by atoms with E-state index in [9.17, 15) is 14.7 Å². The maximum absolute atomic E-state index is 13.5. The molecule has 1 aromatic carbocycles.